The minimum atomic E-state index is -1.51. The van der Waals surface area contributed by atoms with Crippen LogP contribution < -0.4 is 10.1 Å². The van der Waals surface area contributed by atoms with Crippen LogP contribution in [0.1, 0.15) is 17.3 Å². The molecule has 0 fully saturated rings. The van der Waals surface area contributed by atoms with Crippen LogP contribution in [0, 0.1) is 0 Å². The highest BCUT2D eigenvalue weighted by Crippen LogP contribution is 2.32. The van der Waals surface area contributed by atoms with Gasteiger partial charge in [0.05, 0.1) is 5.69 Å². The van der Waals surface area contributed by atoms with Gasteiger partial charge in [-0.3, -0.25) is 9.59 Å². The van der Waals surface area contributed by atoms with Crippen molar-refractivity contribution in [2.24, 2.45) is 0 Å². The molecule has 15 heavy (non-hydrogen) atoms. The molecule has 1 aliphatic rings. The predicted molar refractivity (Wildman–Crippen MR) is 51.7 cm³/mol. The minimum absolute atomic E-state index is 0.174. The molecule has 5 nitrogen and oxygen atoms in total. The van der Waals surface area contributed by atoms with Gasteiger partial charge in [-0.2, -0.15) is 0 Å². The van der Waals surface area contributed by atoms with Gasteiger partial charge in [0.15, 0.2) is 5.78 Å². The van der Waals surface area contributed by atoms with Crippen LogP contribution in [0.25, 0.3) is 0 Å². The van der Waals surface area contributed by atoms with E-state index in [0.717, 1.165) is 0 Å². The molecule has 5 heteroatoms. The second-order valence-electron chi connectivity index (χ2n) is 3.19. The maximum atomic E-state index is 11.2. The number of ether oxygens (including phenoxy) is 1. The molecule has 1 unspecified atom stereocenters. The number of hydrogen-bond acceptors (Lipinski definition) is 4. The maximum Gasteiger partial charge on any atom is 0.293 e. The molecule has 0 aliphatic carbocycles. The quantitative estimate of drug-likeness (QED) is 0.659. The molecular weight excluding hydrogens is 198 g/mol. The van der Waals surface area contributed by atoms with E-state index in [9.17, 15) is 9.59 Å². The Hall–Kier alpha value is -1.88. The standard InChI is InChI=1S/C10H9NO4/c1-5(12)6-3-2-4-7-8(6)11-9(13)10(14)15-7/h2-4,10,14H,1H3,(H,11,13). The van der Waals surface area contributed by atoms with Gasteiger partial charge in [-0.1, -0.05) is 6.07 Å². The number of amides is 1. The second kappa shape index (κ2) is 3.36. The lowest BCUT2D eigenvalue weighted by Crippen LogP contribution is -2.37. The van der Waals surface area contributed by atoms with Crippen LogP contribution in [0.5, 0.6) is 5.75 Å². The summed E-state index contributed by atoms with van der Waals surface area (Å²) < 4.78 is 4.93. The van der Waals surface area contributed by atoms with Gasteiger partial charge in [0.1, 0.15) is 5.75 Å². The summed E-state index contributed by atoms with van der Waals surface area (Å²) >= 11 is 0. The number of carbonyl (C=O) groups excluding carboxylic acids is 2. The summed E-state index contributed by atoms with van der Waals surface area (Å²) in [5.41, 5.74) is 0.688. The molecule has 1 aromatic carbocycles. The van der Waals surface area contributed by atoms with Crippen LogP contribution in [0.15, 0.2) is 18.2 Å². The van der Waals surface area contributed by atoms with Crippen molar-refractivity contribution in [3.05, 3.63) is 23.8 Å². The molecule has 0 bridgehead atoms. The number of fused-ring (bicyclic) bond motifs is 1. The van der Waals surface area contributed by atoms with Crippen molar-refractivity contribution in [2.45, 2.75) is 13.2 Å². The fourth-order valence-electron chi connectivity index (χ4n) is 1.41. The lowest BCUT2D eigenvalue weighted by molar-refractivity contribution is -0.139. The molecule has 0 aromatic heterocycles. The van der Waals surface area contributed by atoms with E-state index >= 15 is 0 Å². The zero-order chi connectivity index (χ0) is 11.0. The third-order valence-corrected chi connectivity index (χ3v) is 2.12. The Labute approximate surface area is 85.7 Å². The summed E-state index contributed by atoms with van der Waals surface area (Å²) in [7, 11) is 0. The Balaban J connectivity index is 2.52. The zero-order valence-corrected chi connectivity index (χ0v) is 7.98. The first-order valence-electron chi connectivity index (χ1n) is 4.39. The largest absolute Gasteiger partial charge is 0.453 e. The van der Waals surface area contributed by atoms with Gasteiger partial charge in [0.25, 0.3) is 12.2 Å². The highest BCUT2D eigenvalue weighted by molar-refractivity contribution is 6.07. The van der Waals surface area contributed by atoms with E-state index in [1.807, 2.05) is 0 Å². The van der Waals surface area contributed by atoms with Gasteiger partial charge >= 0.3 is 0 Å². The maximum absolute atomic E-state index is 11.2. The topological polar surface area (TPSA) is 75.6 Å². The lowest BCUT2D eigenvalue weighted by Gasteiger charge is -2.23. The molecule has 0 radical (unpaired) electrons. The Morgan fingerprint density at radius 3 is 2.93 bits per heavy atom. The first-order valence-corrected chi connectivity index (χ1v) is 4.39. The lowest BCUT2D eigenvalue weighted by atomic mass is 10.1. The molecule has 1 atom stereocenters. The number of hydrogen-bond donors (Lipinski definition) is 2. The third-order valence-electron chi connectivity index (χ3n) is 2.12. The molecule has 2 rings (SSSR count). The molecular formula is C10H9NO4. The Bertz CT molecular complexity index is 441. The third kappa shape index (κ3) is 1.57. The minimum Gasteiger partial charge on any atom is -0.453 e. The van der Waals surface area contributed by atoms with Crippen molar-refractivity contribution in [3.63, 3.8) is 0 Å². The smallest absolute Gasteiger partial charge is 0.293 e. The summed E-state index contributed by atoms with van der Waals surface area (Å²) in [5, 5.41) is 11.6. The molecule has 1 aliphatic heterocycles. The molecule has 0 saturated heterocycles. The van der Waals surface area contributed by atoms with Gasteiger partial charge < -0.3 is 15.2 Å². The van der Waals surface area contributed by atoms with Crippen molar-refractivity contribution < 1.29 is 19.4 Å². The summed E-state index contributed by atoms with van der Waals surface area (Å²) in [6.45, 7) is 1.40. The number of benzene rings is 1. The highest BCUT2D eigenvalue weighted by atomic mass is 16.6. The average Bonchev–Trinajstić information content (AvgIpc) is 2.18. The van der Waals surface area contributed by atoms with Gasteiger partial charge in [0.2, 0.25) is 0 Å². The number of carbonyl (C=O) groups is 2. The molecule has 1 amide bonds. The average molecular weight is 207 g/mol. The molecule has 0 saturated carbocycles. The SMILES string of the molecule is CC(=O)c1cccc2c1NC(=O)C(O)O2. The van der Waals surface area contributed by atoms with Crippen molar-refractivity contribution in [1.29, 1.82) is 0 Å². The second-order valence-corrected chi connectivity index (χ2v) is 3.19. The Kier molecular flexibility index (Phi) is 2.17. The van der Waals surface area contributed by atoms with Crippen molar-refractivity contribution >= 4 is 17.4 Å². The number of Topliss-reactive ketones (excluding diaryl/α,β-unsaturated/α-hetero) is 1. The summed E-state index contributed by atoms with van der Waals surface area (Å²) in [5.74, 6) is -0.543. The van der Waals surface area contributed by atoms with Crippen LogP contribution in [0.2, 0.25) is 0 Å². The number of aliphatic hydroxyl groups is 1. The molecule has 2 N–H and O–H groups in total. The van der Waals surface area contributed by atoms with Gasteiger partial charge in [-0.05, 0) is 19.1 Å². The van der Waals surface area contributed by atoms with Gasteiger partial charge in [-0.25, -0.2) is 0 Å². The van der Waals surface area contributed by atoms with Crippen molar-refractivity contribution in [1.82, 2.24) is 0 Å². The molecule has 0 spiro atoms. The summed E-state index contributed by atoms with van der Waals surface area (Å²) in [4.78, 5) is 22.4. The first kappa shape index (κ1) is 9.67. The van der Waals surface area contributed by atoms with Crippen LogP contribution in [0.4, 0.5) is 5.69 Å². The summed E-state index contributed by atoms with van der Waals surface area (Å²) in [6, 6.07) is 4.78. The molecule has 1 aromatic rings. The van der Waals surface area contributed by atoms with Crippen LogP contribution >= 0.6 is 0 Å². The number of rotatable bonds is 1. The molecule has 1 heterocycles. The monoisotopic (exact) mass is 207 g/mol. The van der Waals surface area contributed by atoms with Crippen molar-refractivity contribution in [3.8, 4) is 5.75 Å². The predicted octanol–water partition coefficient (Wildman–Crippen LogP) is 0.538. The normalized spacial score (nSPS) is 18.8. The Morgan fingerprint density at radius 2 is 2.27 bits per heavy atom. The number of para-hydroxylation sites is 1. The number of anilines is 1. The highest BCUT2D eigenvalue weighted by Gasteiger charge is 2.27. The Morgan fingerprint density at radius 1 is 1.53 bits per heavy atom. The van der Waals surface area contributed by atoms with Crippen molar-refractivity contribution in [2.75, 3.05) is 5.32 Å². The summed E-state index contributed by atoms with van der Waals surface area (Å²) in [6.07, 6.45) is -1.51. The van der Waals surface area contributed by atoms with E-state index in [1.54, 1.807) is 18.2 Å². The zero-order valence-electron chi connectivity index (χ0n) is 7.98. The van der Waals surface area contributed by atoms with Gasteiger partial charge in [0, 0.05) is 5.56 Å². The van der Waals surface area contributed by atoms with Crippen LogP contribution in [-0.4, -0.2) is 23.1 Å². The fourth-order valence-corrected chi connectivity index (χ4v) is 1.41. The number of ketones is 1. The van der Waals surface area contributed by atoms with E-state index in [1.165, 1.54) is 6.92 Å². The van der Waals surface area contributed by atoms with E-state index in [0.29, 0.717) is 17.0 Å². The van der Waals surface area contributed by atoms with Crippen LogP contribution in [0.3, 0.4) is 0 Å². The van der Waals surface area contributed by atoms with E-state index in [4.69, 9.17) is 9.84 Å². The van der Waals surface area contributed by atoms with E-state index in [-0.39, 0.29) is 5.78 Å². The van der Waals surface area contributed by atoms with Gasteiger partial charge in [-0.15, -0.1) is 0 Å². The number of aliphatic hydroxyl groups excluding tert-OH is 1. The molecule has 78 valence electrons. The fraction of sp³-hybridized carbons (Fsp3) is 0.200. The number of nitrogens with one attached hydrogen (secondary N) is 1. The van der Waals surface area contributed by atoms with E-state index < -0.39 is 12.2 Å². The van der Waals surface area contributed by atoms with E-state index in [2.05, 4.69) is 5.32 Å². The van der Waals surface area contributed by atoms with Crippen LogP contribution in [-0.2, 0) is 4.79 Å². The first-order chi connectivity index (χ1) is 7.09.